The second kappa shape index (κ2) is 9.65. The van der Waals surface area contributed by atoms with Crippen LogP contribution in [0.3, 0.4) is 0 Å². The first kappa shape index (κ1) is 22.2. The number of carbonyl (C=O) groups excluding carboxylic acids is 2. The summed E-state index contributed by atoms with van der Waals surface area (Å²) in [4.78, 5) is 49.0. The van der Waals surface area contributed by atoms with Crippen molar-refractivity contribution < 1.29 is 9.59 Å². The summed E-state index contributed by atoms with van der Waals surface area (Å²) in [5.41, 5.74) is 2.18. The molecule has 1 aromatic carbocycles. The minimum atomic E-state index is -0.189. The lowest BCUT2D eigenvalue weighted by Crippen LogP contribution is -2.30. The Bertz CT molecular complexity index is 1210. The monoisotopic (exact) mass is 452 g/mol. The molecule has 2 aromatic heterocycles. The summed E-state index contributed by atoms with van der Waals surface area (Å²) in [6.45, 7) is 5.14. The number of benzene rings is 1. The van der Waals surface area contributed by atoms with Gasteiger partial charge in [-0.1, -0.05) is 6.07 Å². The van der Waals surface area contributed by atoms with Crippen LogP contribution in [-0.4, -0.2) is 39.8 Å². The summed E-state index contributed by atoms with van der Waals surface area (Å²) in [6.07, 6.45) is 4.76. The maximum atomic E-state index is 12.6. The molecule has 32 heavy (non-hydrogen) atoms. The van der Waals surface area contributed by atoms with Gasteiger partial charge in [-0.25, -0.2) is 4.98 Å². The van der Waals surface area contributed by atoms with E-state index in [4.69, 9.17) is 0 Å². The first-order valence-corrected chi connectivity index (χ1v) is 12.0. The molecule has 4 rings (SSSR count). The van der Waals surface area contributed by atoms with Crippen molar-refractivity contribution in [1.82, 2.24) is 14.9 Å². The largest absolute Gasteiger partial charge is 0.339 e. The zero-order valence-corrected chi connectivity index (χ0v) is 19.3. The Labute approximate surface area is 190 Å². The van der Waals surface area contributed by atoms with Crippen LogP contribution in [-0.2, 0) is 24.1 Å². The van der Waals surface area contributed by atoms with Crippen molar-refractivity contribution in [3.63, 3.8) is 0 Å². The first-order chi connectivity index (χ1) is 15.5. The highest BCUT2D eigenvalue weighted by atomic mass is 32.1. The summed E-state index contributed by atoms with van der Waals surface area (Å²) < 4.78 is 0. The fourth-order valence-electron chi connectivity index (χ4n) is 4.21. The molecule has 8 heteroatoms. The molecule has 2 heterocycles. The van der Waals surface area contributed by atoms with Crippen molar-refractivity contribution >= 4 is 39.1 Å². The molecule has 7 nitrogen and oxygen atoms in total. The number of aromatic amines is 1. The van der Waals surface area contributed by atoms with Crippen molar-refractivity contribution in [2.24, 2.45) is 0 Å². The molecule has 0 unspecified atom stereocenters. The Balaban J connectivity index is 1.42. The fraction of sp³-hybridized carbons (Fsp3) is 0.417. The van der Waals surface area contributed by atoms with E-state index in [1.54, 1.807) is 40.5 Å². The van der Waals surface area contributed by atoms with Crippen LogP contribution in [0.25, 0.3) is 10.2 Å². The molecule has 0 atom stereocenters. The lowest BCUT2D eigenvalue weighted by Gasteiger charge is -2.19. The number of H-pyrrole nitrogens is 1. The SMILES string of the molecule is CCN(CC)C(=O)c1cccc(NC(=O)CCc2nc3sc4c(c3c(=O)[nH]2)CCCC4)c1. The van der Waals surface area contributed by atoms with Crippen molar-refractivity contribution in [1.29, 1.82) is 0 Å². The molecule has 1 aliphatic carbocycles. The molecular weight excluding hydrogens is 424 g/mol. The number of hydrogen-bond donors (Lipinski definition) is 2. The number of rotatable bonds is 7. The third-order valence-electron chi connectivity index (χ3n) is 5.91. The third kappa shape index (κ3) is 4.60. The predicted octanol–water partition coefficient (Wildman–Crippen LogP) is 3.92. The van der Waals surface area contributed by atoms with E-state index in [9.17, 15) is 14.4 Å². The van der Waals surface area contributed by atoms with Crippen LogP contribution >= 0.6 is 11.3 Å². The molecule has 1 aliphatic rings. The third-order valence-corrected chi connectivity index (χ3v) is 7.09. The number of aromatic nitrogens is 2. The van der Waals surface area contributed by atoms with Gasteiger partial charge in [-0.2, -0.15) is 0 Å². The highest BCUT2D eigenvalue weighted by Gasteiger charge is 2.20. The average Bonchev–Trinajstić information content (AvgIpc) is 3.17. The predicted molar refractivity (Wildman–Crippen MR) is 128 cm³/mol. The number of fused-ring (bicyclic) bond motifs is 3. The van der Waals surface area contributed by atoms with Gasteiger partial charge >= 0.3 is 0 Å². The van der Waals surface area contributed by atoms with E-state index >= 15 is 0 Å². The molecular formula is C24H28N4O3S. The average molecular weight is 453 g/mol. The molecule has 168 valence electrons. The Hall–Kier alpha value is -3.00. The smallest absolute Gasteiger partial charge is 0.259 e. The minimum absolute atomic E-state index is 0.0557. The molecule has 0 fully saturated rings. The standard InChI is InChI=1S/C24H28N4O3S/c1-3-28(4-2)24(31)15-8-7-9-16(14-15)25-20(29)13-12-19-26-22(30)21-17-10-5-6-11-18(17)32-23(21)27-19/h7-9,14H,3-6,10-13H2,1-2H3,(H,25,29)(H,26,27,30). The summed E-state index contributed by atoms with van der Waals surface area (Å²) in [5, 5.41) is 3.58. The zero-order chi connectivity index (χ0) is 22.7. The van der Waals surface area contributed by atoms with Crippen LogP contribution < -0.4 is 10.9 Å². The molecule has 2 N–H and O–H groups in total. The number of carbonyl (C=O) groups is 2. The zero-order valence-electron chi connectivity index (χ0n) is 18.5. The highest BCUT2D eigenvalue weighted by molar-refractivity contribution is 7.18. The van der Waals surface area contributed by atoms with Crippen LogP contribution in [0.15, 0.2) is 29.1 Å². The van der Waals surface area contributed by atoms with Gasteiger partial charge in [0.2, 0.25) is 5.91 Å². The van der Waals surface area contributed by atoms with Crippen LogP contribution in [0.1, 0.15) is 59.7 Å². The van der Waals surface area contributed by atoms with Gasteiger partial charge in [0.05, 0.1) is 5.39 Å². The Morgan fingerprint density at radius 1 is 1.19 bits per heavy atom. The second-order valence-corrected chi connectivity index (χ2v) is 9.09. The topological polar surface area (TPSA) is 95.2 Å². The first-order valence-electron chi connectivity index (χ1n) is 11.2. The van der Waals surface area contributed by atoms with Gasteiger partial charge in [0, 0.05) is 42.1 Å². The Morgan fingerprint density at radius 2 is 1.97 bits per heavy atom. The quantitative estimate of drug-likeness (QED) is 0.568. The Morgan fingerprint density at radius 3 is 2.75 bits per heavy atom. The number of aryl methyl sites for hydroxylation is 3. The van der Waals surface area contributed by atoms with E-state index in [-0.39, 0.29) is 23.8 Å². The van der Waals surface area contributed by atoms with Gasteiger partial charge in [-0.15, -0.1) is 11.3 Å². The van der Waals surface area contributed by atoms with Gasteiger partial charge in [-0.3, -0.25) is 14.4 Å². The van der Waals surface area contributed by atoms with Crippen molar-refractivity contribution in [3.8, 4) is 0 Å². The number of amides is 2. The minimum Gasteiger partial charge on any atom is -0.339 e. The molecule has 0 radical (unpaired) electrons. The van der Waals surface area contributed by atoms with E-state index in [0.29, 0.717) is 36.6 Å². The van der Waals surface area contributed by atoms with E-state index in [1.807, 2.05) is 13.8 Å². The normalized spacial score (nSPS) is 13.1. The summed E-state index contributed by atoms with van der Waals surface area (Å²) in [6, 6.07) is 6.97. The van der Waals surface area contributed by atoms with Crippen LogP contribution in [0, 0.1) is 0 Å². The van der Waals surface area contributed by atoms with Gasteiger partial charge in [0.25, 0.3) is 11.5 Å². The number of thiophene rings is 1. The van der Waals surface area contributed by atoms with Crippen molar-refractivity contribution in [2.75, 3.05) is 18.4 Å². The van der Waals surface area contributed by atoms with E-state index in [1.165, 1.54) is 4.88 Å². The van der Waals surface area contributed by atoms with E-state index in [0.717, 1.165) is 41.5 Å². The van der Waals surface area contributed by atoms with E-state index < -0.39 is 0 Å². The van der Waals surface area contributed by atoms with Crippen molar-refractivity contribution in [2.45, 2.75) is 52.4 Å². The lowest BCUT2D eigenvalue weighted by molar-refractivity contribution is -0.116. The van der Waals surface area contributed by atoms with Gasteiger partial charge < -0.3 is 15.2 Å². The summed E-state index contributed by atoms with van der Waals surface area (Å²) in [5.74, 6) is 0.284. The molecule has 0 saturated carbocycles. The summed E-state index contributed by atoms with van der Waals surface area (Å²) >= 11 is 1.61. The van der Waals surface area contributed by atoms with Crippen LogP contribution in [0.2, 0.25) is 0 Å². The molecule has 0 aliphatic heterocycles. The number of hydrogen-bond acceptors (Lipinski definition) is 5. The summed E-state index contributed by atoms with van der Waals surface area (Å²) in [7, 11) is 0. The lowest BCUT2D eigenvalue weighted by atomic mass is 9.97. The highest BCUT2D eigenvalue weighted by Crippen LogP contribution is 2.33. The molecule has 0 saturated heterocycles. The fourth-order valence-corrected chi connectivity index (χ4v) is 5.49. The number of nitrogens with one attached hydrogen (secondary N) is 2. The van der Waals surface area contributed by atoms with Gasteiger partial charge in [0.15, 0.2) is 0 Å². The second-order valence-electron chi connectivity index (χ2n) is 8.01. The molecule has 0 spiro atoms. The number of anilines is 1. The van der Waals surface area contributed by atoms with Crippen LogP contribution in [0.4, 0.5) is 5.69 Å². The molecule has 0 bridgehead atoms. The van der Waals surface area contributed by atoms with E-state index in [2.05, 4.69) is 15.3 Å². The van der Waals surface area contributed by atoms with Gasteiger partial charge in [-0.05, 0) is 63.3 Å². The number of nitrogens with zero attached hydrogens (tertiary/aromatic N) is 2. The van der Waals surface area contributed by atoms with Crippen LogP contribution in [0.5, 0.6) is 0 Å². The van der Waals surface area contributed by atoms with Crippen molar-refractivity contribution in [3.05, 3.63) is 56.4 Å². The van der Waals surface area contributed by atoms with Gasteiger partial charge in [0.1, 0.15) is 10.7 Å². The maximum Gasteiger partial charge on any atom is 0.259 e. The molecule has 3 aromatic rings. The molecule has 2 amide bonds. The Kier molecular flexibility index (Phi) is 6.69. The maximum absolute atomic E-state index is 12.6.